The Balaban J connectivity index is 2.07. The summed E-state index contributed by atoms with van der Waals surface area (Å²) >= 11 is 11.6. The van der Waals surface area contributed by atoms with E-state index in [0.29, 0.717) is 31.7 Å². The number of rotatable bonds is 1. The Bertz CT molecular complexity index is 514. The summed E-state index contributed by atoms with van der Waals surface area (Å²) in [7, 11) is 0. The van der Waals surface area contributed by atoms with Crippen LogP contribution in [0.5, 0.6) is 0 Å². The zero-order chi connectivity index (χ0) is 14.0. The predicted molar refractivity (Wildman–Crippen MR) is 72.4 cm³/mol. The van der Waals surface area contributed by atoms with Crippen molar-refractivity contribution in [2.45, 2.75) is 6.92 Å². The fourth-order valence-corrected chi connectivity index (χ4v) is 2.39. The number of hydrogen-bond donors (Lipinski definition) is 0. The molecule has 1 saturated heterocycles. The second kappa shape index (κ2) is 5.75. The van der Waals surface area contributed by atoms with Crippen molar-refractivity contribution in [1.82, 2.24) is 14.8 Å². The van der Waals surface area contributed by atoms with Crippen LogP contribution >= 0.6 is 23.2 Å². The maximum atomic E-state index is 12.3. The zero-order valence-electron chi connectivity index (χ0n) is 10.4. The molecule has 1 aromatic heterocycles. The summed E-state index contributed by atoms with van der Waals surface area (Å²) in [5.74, 6) is -0.157. The number of hydrogen-bond acceptors (Lipinski definition) is 3. The third-order valence-corrected chi connectivity index (χ3v) is 3.56. The molecule has 1 aliphatic heterocycles. The molecule has 102 valence electrons. The van der Waals surface area contributed by atoms with Gasteiger partial charge in [0.1, 0.15) is 10.3 Å². The monoisotopic (exact) mass is 301 g/mol. The fraction of sp³-hybridized carbons (Fsp3) is 0.417. The van der Waals surface area contributed by atoms with E-state index in [-0.39, 0.29) is 22.1 Å². The van der Waals surface area contributed by atoms with Crippen LogP contribution in [-0.2, 0) is 4.79 Å². The third kappa shape index (κ3) is 3.16. The fourth-order valence-electron chi connectivity index (χ4n) is 1.97. The lowest BCUT2D eigenvalue weighted by molar-refractivity contribution is -0.130. The number of carbonyl (C=O) groups excluding carboxylic acids is 2. The summed E-state index contributed by atoms with van der Waals surface area (Å²) in [6.45, 7) is 3.60. The second-order valence-electron chi connectivity index (χ2n) is 4.27. The summed E-state index contributed by atoms with van der Waals surface area (Å²) < 4.78 is 0. The van der Waals surface area contributed by atoms with Crippen LogP contribution in [0, 0.1) is 0 Å². The topological polar surface area (TPSA) is 53.5 Å². The van der Waals surface area contributed by atoms with Gasteiger partial charge in [-0.3, -0.25) is 9.59 Å². The van der Waals surface area contributed by atoms with Crippen LogP contribution < -0.4 is 0 Å². The smallest absolute Gasteiger partial charge is 0.257 e. The van der Waals surface area contributed by atoms with Crippen molar-refractivity contribution in [3.8, 4) is 0 Å². The molecule has 0 spiro atoms. The van der Waals surface area contributed by atoms with E-state index in [0.717, 1.165) is 0 Å². The highest BCUT2D eigenvalue weighted by molar-refractivity contribution is 6.34. The van der Waals surface area contributed by atoms with E-state index in [2.05, 4.69) is 4.98 Å². The van der Waals surface area contributed by atoms with Crippen LogP contribution in [0.1, 0.15) is 17.3 Å². The highest BCUT2D eigenvalue weighted by Gasteiger charge is 2.24. The number of piperazine rings is 1. The molecule has 0 bridgehead atoms. The molecule has 1 aromatic rings. The third-order valence-electron chi connectivity index (χ3n) is 3.06. The van der Waals surface area contributed by atoms with Gasteiger partial charge in [-0.15, -0.1) is 0 Å². The van der Waals surface area contributed by atoms with Crippen LogP contribution in [0.2, 0.25) is 10.3 Å². The van der Waals surface area contributed by atoms with Crippen LogP contribution in [-0.4, -0.2) is 52.8 Å². The first-order valence-corrected chi connectivity index (χ1v) is 6.61. The van der Waals surface area contributed by atoms with E-state index in [1.54, 1.807) is 15.9 Å². The van der Waals surface area contributed by atoms with Gasteiger partial charge in [-0.1, -0.05) is 23.2 Å². The minimum absolute atomic E-state index is 0.0262. The first-order valence-electron chi connectivity index (χ1n) is 5.86. The average molecular weight is 302 g/mol. The van der Waals surface area contributed by atoms with E-state index < -0.39 is 0 Å². The van der Waals surface area contributed by atoms with Crippen molar-refractivity contribution in [2.24, 2.45) is 0 Å². The Morgan fingerprint density at radius 1 is 1.11 bits per heavy atom. The van der Waals surface area contributed by atoms with E-state index in [4.69, 9.17) is 23.2 Å². The molecule has 2 amide bonds. The normalized spacial score (nSPS) is 15.5. The number of carbonyl (C=O) groups is 2. The lowest BCUT2D eigenvalue weighted by Crippen LogP contribution is -2.50. The number of pyridine rings is 1. The molecule has 0 aromatic carbocycles. The van der Waals surface area contributed by atoms with Crippen LogP contribution in [0.3, 0.4) is 0 Å². The molecular formula is C12H13Cl2N3O2. The molecule has 0 radical (unpaired) electrons. The van der Waals surface area contributed by atoms with Gasteiger partial charge >= 0.3 is 0 Å². The second-order valence-corrected chi connectivity index (χ2v) is 5.02. The number of aromatic nitrogens is 1. The predicted octanol–water partition coefficient (Wildman–Crippen LogP) is 1.69. The minimum Gasteiger partial charge on any atom is -0.339 e. The molecule has 0 aliphatic carbocycles. The Kier molecular flexibility index (Phi) is 4.27. The van der Waals surface area contributed by atoms with Crippen molar-refractivity contribution in [2.75, 3.05) is 26.2 Å². The van der Waals surface area contributed by atoms with Gasteiger partial charge < -0.3 is 9.80 Å². The van der Waals surface area contributed by atoms with E-state index in [9.17, 15) is 9.59 Å². The SMILES string of the molecule is CC(=O)N1CCN(C(=O)c2ccc(Cl)nc2Cl)CC1. The van der Waals surface area contributed by atoms with Crippen LogP contribution in [0.15, 0.2) is 12.1 Å². The van der Waals surface area contributed by atoms with Crippen molar-refractivity contribution in [1.29, 1.82) is 0 Å². The standard InChI is InChI=1S/C12H13Cl2N3O2/c1-8(18)16-4-6-17(7-5-16)12(19)9-2-3-10(13)15-11(9)14/h2-3H,4-7H2,1H3. The van der Waals surface area contributed by atoms with E-state index in [1.165, 1.54) is 13.0 Å². The summed E-state index contributed by atoms with van der Waals surface area (Å²) in [4.78, 5) is 30.7. The molecule has 2 heterocycles. The van der Waals surface area contributed by atoms with Gasteiger partial charge in [0.15, 0.2) is 0 Å². The summed E-state index contributed by atoms with van der Waals surface area (Å²) in [6, 6.07) is 3.10. The molecular weight excluding hydrogens is 289 g/mol. The largest absolute Gasteiger partial charge is 0.339 e. The maximum Gasteiger partial charge on any atom is 0.257 e. The number of amides is 2. The Labute approximate surface area is 121 Å². The van der Waals surface area contributed by atoms with Gasteiger partial charge in [0, 0.05) is 33.1 Å². The zero-order valence-corrected chi connectivity index (χ0v) is 11.9. The molecule has 19 heavy (non-hydrogen) atoms. The molecule has 1 aliphatic rings. The molecule has 1 fully saturated rings. The number of nitrogens with zero attached hydrogens (tertiary/aromatic N) is 3. The average Bonchev–Trinajstić information content (AvgIpc) is 2.38. The van der Waals surface area contributed by atoms with Gasteiger partial charge in [0.25, 0.3) is 5.91 Å². The van der Waals surface area contributed by atoms with Crippen LogP contribution in [0.25, 0.3) is 0 Å². The van der Waals surface area contributed by atoms with Crippen molar-refractivity contribution in [3.05, 3.63) is 28.0 Å². The summed E-state index contributed by atoms with van der Waals surface area (Å²) in [5.41, 5.74) is 0.336. The molecule has 0 atom stereocenters. The molecule has 0 saturated carbocycles. The first kappa shape index (κ1) is 14.1. The van der Waals surface area contributed by atoms with Crippen molar-refractivity contribution < 1.29 is 9.59 Å². The first-order chi connectivity index (χ1) is 8.99. The summed E-state index contributed by atoms with van der Waals surface area (Å²) in [6.07, 6.45) is 0. The van der Waals surface area contributed by atoms with E-state index in [1.807, 2.05) is 0 Å². The molecule has 2 rings (SSSR count). The van der Waals surface area contributed by atoms with Gasteiger partial charge in [-0.25, -0.2) is 4.98 Å². The highest BCUT2D eigenvalue weighted by atomic mass is 35.5. The maximum absolute atomic E-state index is 12.3. The molecule has 5 nitrogen and oxygen atoms in total. The van der Waals surface area contributed by atoms with Crippen molar-refractivity contribution >= 4 is 35.0 Å². The Morgan fingerprint density at radius 3 is 2.21 bits per heavy atom. The van der Waals surface area contributed by atoms with Gasteiger partial charge in [0.05, 0.1) is 5.56 Å². The highest BCUT2D eigenvalue weighted by Crippen LogP contribution is 2.19. The Hall–Kier alpha value is -1.33. The van der Waals surface area contributed by atoms with Gasteiger partial charge in [-0.2, -0.15) is 0 Å². The molecule has 0 N–H and O–H groups in total. The lowest BCUT2D eigenvalue weighted by atomic mass is 10.2. The minimum atomic E-state index is -0.183. The van der Waals surface area contributed by atoms with Crippen molar-refractivity contribution in [3.63, 3.8) is 0 Å². The number of halogens is 2. The van der Waals surface area contributed by atoms with Gasteiger partial charge in [0.2, 0.25) is 5.91 Å². The molecule has 0 unspecified atom stereocenters. The van der Waals surface area contributed by atoms with E-state index >= 15 is 0 Å². The Morgan fingerprint density at radius 2 is 1.68 bits per heavy atom. The lowest BCUT2D eigenvalue weighted by Gasteiger charge is -2.34. The van der Waals surface area contributed by atoms with Crippen LogP contribution in [0.4, 0.5) is 0 Å². The molecule has 7 heteroatoms. The summed E-state index contributed by atoms with van der Waals surface area (Å²) in [5, 5.41) is 0.356. The van der Waals surface area contributed by atoms with Gasteiger partial charge in [-0.05, 0) is 12.1 Å². The quantitative estimate of drug-likeness (QED) is 0.742.